The maximum atomic E-state index is 12.4. The number of aromatic nitrogens is 2. The number of fused-ring (bicyclic) bond motifs is 1. The Morgan fingerprint density at radius 3 is 2.70 bits per heavy atom. The normalized spacial score (nSPS) is 19.0. The van der Waals surface area contributed by atoms with Crippen LogP contribution in [0.25, 0.3) is 11.0 Å². The Labute approximate surface area is 138 Å². The molecule has 8 nitrogen and oxygen atoms in total. The number of rotatable bonds is 4. The smallest absolute Gasteiger partial charge is 0.244 e. The van der Waals surface area contributed by atoms with Gasteiger partial charge in [0.05, 0.1) is 5.69 Å². The zero-order valence-electron chi connectivity index (χ0n) is 12.6. The number of sulfonamides is 1. The average Bonchev–Trinajstić information content (AvgIpc) is 3.14. The highest BCUT2D eigenvalue weighted by atomic mass is 35.5. The van der Waals surface area contributed by atoms with E-state index in [1.165, 1.54) is 20.2 Å². The van der Waals surface area contributed by atoms with Gasteiger partial charge in [-0.3, -0.25) is 4.79 Å². The Hall–Kier alpha value is -1.71. The van der Waals surface area contributed by atoms with Gasteiger partial charge in [0, 0.05) is 20.6 Å². The number of carbonyl (C=O) groups excluding carboxylic acids is 1. The Morgan fingerprint density at radius 1 is 1.35 bits per heavy atom. The van der Waals surface area contributed by atoms with Crippen LogP contribution in [0.1, 0.15) is 12.8 Å². The Balaban J connectivity index is 2.16. The first-order valence-corrected chi connectivity index (χ1v) is 8.79. The molecule has 10 heteroatoms. The molecule has 1 aliphatic heterocycles. The monoisotopic (exact) mass is 358 g/mol. The van der Waals surface area contributed by atoms with Crippen LogP contribution in [0.2, 0.25) is 0 Å². The highest BCUT2D eigenvalue weighted by molar-refractivity contribution is 7.89. The van der Waals surface area contributed by atoms with E-state index >= 15 is 0 Å². The molecular weight excluding hydrogens is 344 g/mol. The third-order valence-corrected chi connectivity index (χ3v) is 6.04. The van der Waals surface area contributed by atoms with Gasteiger partial charge in [0.1, 0.15) is 10.9 Å². The van der Waals surface area contributed by atoms with E-state index < -0.39 is 21.3 Å². The number of benzene rings is 1. The van der Waals surface area contributed by atoms with Gasteiger partial charge >= 0.3 is 0 Å². The summed E-state index contributed by atoms with van der Waals surface area (Å²) in [6.45, 7) is 0.630. The number of hydrogen-bond acceptors (Lipinski definition) is 7. The van der Waals surface area contributed by atoms with Gasteiger partial charge in [-0.1, -0.05) is 0 Å². The van der Waals surface area contributed by atoms with E-state index in [-0.39, 0.29) is 10.4 Å². The largest absolute Gasteiger partial charge is 0.358 e. The van der Waals surface area contributed by atoms with Crippen molar-refractivity contribution in [3.63, 3.8) is 0 Å². The van der Waals surface area contributed by atoms with E-state index in [1.807, 2.05) is 4.90 Å². The molecule has 1 saturated heterocycles. The summed E-state index contributed by atoms with van der Waals surface area (Å²) in [6.07, 6.45) is 1.46. The lowest BCUT2D eigenvalue weighted by Crippen LogP contribution is -2.34. The SMILES string of the molecule is CN(C)S(=O)(=O)c1ccc(N2CCCC2C(=O)Cl)c2nonc12. The second-order valence-electron chi connectivity index (χ2n) is 5.49. The number of nitrogens with zero attached hydrogens (tertiary/aromatic N) is 4. The molecule has 1 atom stereocenters. The van der Waals surface area contributed by atoms with Crippen LogP contribution >= 0.6 is 11.6 Å². The van der Waals surface area contributed by atoms with Crippen LogP contribution in [-0.2, 0) is 14.8 Å². The van der Waals surface area contributed by atoms with Crippen LogP contribution in [0.15, 0.2) is 21.7 Å². The van der Waals surface area contributed by atoms with Crippen molar-refractivity contribution in [1.29, 1.82) is 0 Å². The van der Waals surface area contributed by atoms with Gasteiger partial charge in [-0.2, -0.15) is 0 Å². The zero-order valence-corrected chi connectivity index (χ0v) is 14.1. The first kappa shape index (κ1) is 16.2. The molecule has 2 heterocycles. The molecule has 0 spiro atoms. The van der Waals surface area contributed by atoms with Gasteiger partial charge in [-0.25, -0.2) is 17.4 Å². The molecule has 0 N–H and O–H groups in total. The Bertz CT molecular complexity index is 864. The van der Waals surface area contributed by atoms with Crippen molar-refractivity contribution in [3.05, 3.63) is 12.1 Å². The molecule has 0 amide bonds. The average molecular weight is 359 g/mol. The molecule has 0 aliphatic carbocycles. The molecular formula is C13H15ClN4O4S. The molecule has 0 saturated carbocycles. The third kappa shape index (κ3) is 2.58. The van der Waals surface area contributed by atoms with Crippen molar-refractivity contribution >= 4 is 43.6 Å². The molecule has 0 radical (unpaired) electrons. The molecule has 23 heavy (non-hydrogen) atoms. The highest BCUT2D eigenvalue weighted by Gasteiger charge is 2.33. The number of anilines is 1. The minimum absolute atomic E-state index is 0.00967. The van der Waals surface area contributed by atoms with Gasteiger partial charge in [-0.15, -0.1) is 0 Å². The quantitative estimate of drug-likeness (QED) is 0.757. The van der Waals surface area contributed by atoms with Crippen molar-refractivity contribution in [2.24, 2.45) is 0 Å². The van der Waals surface area contributed by atoms with Crippen molar-refractivity contribution in [1.82, 2.24) is 14.6 Å². The summed E-state index contributed by atoms with van der Waals surface area (Å²) in [5.41, 5.74) is 1.04. The molecule has 2 aromatic rings. The summed E-state index contributed by atoms with van der Waals surface area (Å²) in [5, 5.41) is 7.11. The van der Waals surface area contributed by atoms with E-state index in [0.29, 0.717) is 24.2 Å². The van der Waals surface area contributed by atoms with Gasteiger partial charge in [0.15, 0.2) is 11.0 Å². The first-order chi connectivity index (χ1) is 10.8. The van der Waals surface area contributed by atoms with E-state index in [2.05, 4.69) is 10.3 Å². The van der Waals surface area contributed by atoms with Crippen molar-refractivity contribution < 1.29 is 17.8 Å². The predicted molar refractivity (Wildman–Crippen MR) is 83.9 cm³/mol. The van der Waals surface area contributed by atoms with Crippen LogP contribution in [0.3, 0.4) is 0 Å². The molecule has 124 valence electrons. The molecule has 1 aromatic heterocycles. The second-order valence-corrected chi connectivity index (χ2v) is 7.98. The van der Waals surface area contributed by atoms with Crippen LogP contribution < -0.4 is 4.90 Å². The summed E-state index contributed by atoms with van der Waals surface area (Å²) in [4.78, 5) is 13.4. The topological polar surface area (TPSA) is 96.6 Å². The van der Waals surface area contributed by atoms with E-state index in [9.17, 15) is 13.2 Å². The number of halogens is 1. The van der Waals surface area contributed by atoms with E-state index in [0.717, 1.165) is 10.7 Å². The fourth-order valence-corrected chi connectivity index (χ4v) is 4.00. The summed E-state index contributed by atoms with van der Waals surface area (Å²) in [5.74, 6) is 0. The third-order valence-electron chi connectivity index (χ3n) is 3.94. The van der Waals surface area contributed by atoms with Crippen LogP contribution in [0, 0.1) is 0 Å². The second kappa shape index (κ2) is 5.73. The van der Waals surface area contributed by atoms with Gasteiger partial charge in [-0.05, 0) is 46.9 Å². The number of hydrogen-bond donors (Lipinski definition) is 0. The van der Waals surface area contributed by atoms with Crippen LogP contribution in [-0.4, -0.2) is 55.0 Å². The fraction of sp³-hybridized carbons (Fsp3) is 0.462. The summed E-state index contributed by atoms with van der Waals surface area (Å²) < 4.78 is 30.6. The maximum Gasteiger partial charge on any atom is 0.244 e. The van der Waals surface area contributed by atoms with Crippen LogP contribution in [0.4, 0.5) is 5.69 Å². The minimum atomic E-state index is -3.68. The molecule has 1 aromatic carbocycles. The zero-order chi connectivity index (χ0) is 16.8. The van der Waals surface area contributed by atoms with Gasteiger partial charge in [0.2, 0.25) is 15.3 Å². The minimum Gasteiger partial charge on any atom is -0.358 e. The summed E-state index contributed by atoms with van der Waals surface area (Å²) in [7, 11) is -0.813. The predicted octanol–water partition coefficient (Wildman–Crippen LogP) is 1.21. The van der Waals surface area contributed by atoms with Crippen LogP contribution in [0.5, 0.6) is 0 Å². The lowest BCUT2D eigenvalue weighted by Gasteiger charge is -2.24. The molecule has 1 fully saturated rings. The van der Waals surface area contributed by atoms with Crippen molar-refractivity contribution in [2.45, 2.75) is 23.8 Å². The maximum absolute atomic E-state index is 12.4. The fourth-order valence-electron chi connectivity index (χ4n) is 2.76. The molecule has 3 rings (SSSR count). The molecule has 1 unspecified atom stereocenters. The first-order valence-electron chi connectivity index (χ1n) is 6.98. The molecule has 0 bridgehead atoms. The lowest BCUT2D eigenvalue weighted by atomic mass is 10.2. The van der Waals surface area contributed by atoms with Gasteiger partial charge < -0.3 is 4.90 Å². The van der Waals surface area contributed by atoms with Crippen molar-refractivity contribution in [3.8, 4) is 0 Å². The highest BCUT2D eigenvalue weighted by Crippen LogP contribution is 2.34. The van der Waals surface area contributed by atoms with Gasteiger partial charge in [0.25, 0.3) is 0 Å². The van der Waals surface area contributed by atoms with E-state index in [1.54, 1.807) is 6.07 Å². The van der Waals surface area contributed by atoms with E-state index in [4.69, 9.17) is 16.2 Å². The summed E-state index contributed by atoms with van der Waals surface area (Å²) in [6, 6.07) is 2.61. The lowest BCUT2D eigenvalue weighted by molar-refractivity contribution is -0.112. The van der Waals surface area contributed by atoms with Crippen molar-refractivity contribution in [2.75, 3.05) is 25.5 Å². The summed E-state index contributed by atoms with van der Waals surface area (Å²) >= 11 is 5.66. The number of carbonyl (C=O) groups is 1. The standard InChI is InChI=1S/C13H15ClN4O4S/c1-17(2)23(20,21)10-6-5-8(11-12(10)16-22-15-11)18-7-3-4-9(18)13(14)19/h5-6,9H,3-4,7H2,1-2H3. The Morgan fingerprint density at radius 2 is 2.04 bits per heavy atom. The molecule has 1 aliphatic rings. The Kier molecular flexibility index (Phi) is 4.03.